The molecule has 0 fully saturated rings. The quantitative estimate of drug-likeness (QED) is 0.534. The van der Waals surface area contributed by atoms with Crippen LogP contribution in [0.25, 0.3) is 10.9 Å². The van der Waals surface area contributed by atoms with E-state index in [9.17, 15) is 14.7 Å². The zero-order valence-electron chi connectivity index (χ0n) is 15.0. The van der Waals surface area contributed by atoms with Crippen LogP contribution < -0.4 is 16.6 Å². The number of hydrogen-bond donors (Lipinski definition) is 4. The Bertz CT molecular complexity index is 1110. The summed E-state index contributed by atoms with van der Waals surface area (Å²) in [5.74, 6) is -0.296. The van der Waals surface area contributed by atoms with E-state index in [0.29, 0.717) is 6.54 Å². The first kappa shape index (κ1) is 16.7. The Morgan fingerprint density at radius 2 is 1.88 bits per heavy atom. The lowest BCUT2D eigenvalue weighted by atomic mass is 9.95. The molecule has 3 aromatic rings. The number of aromatic amines is 2. The predicted molar refractivity (Wildman–Crippen MR) is 99.8 cm³/mol. The summed E-state index contributed by atoms with van der Waals surface area (Å²) >= 11 is 0. The highest BCUT2D eigenvalue weighted by molar-refractivity contribution is 5.85. The summed E-state index contributed by atoms with van der Waals surface area (Å²) in [6.45, 7) is 6.09. The van der Waals surface area contributed by atoms with Gasteiger partial charge in [0.1, 0.15) is 5.56 Å². The summed E-state index contributed by atoms with van der Waals surface area (Å²) in [7, 11) is 0. The van der Waals surface area contributed by atoms with Crippen molar-refractivity contribution in [1.29, 1.82) is 0 Å². The Morgan fingerprint density at radius 1 is 1.15 bits per heavy atom. The zero-order chi connectivity index (χ0) is 18.6. The van der Waals surface area contributed by atoms with Crippen molar-refractivity contribution in [2.75, 3.05) is 6.54 Å². The van der Waals surface area contributed by atoms with Gasteiger partial charge in [-0.05, 0) is 38.8 Å². The number of rotatable bonds is 1. The van der Waals surface area contributed by atoms with Crippen LogP contribution in [0.4, 0.5) is 0 Å². The van der Waals surface area contributed by atoms with E-state index >= 15 is 0 Å². The molecule has 0 bridgehead atoms. The molecule has 4 N–H and O–H groups in total. The van der Waals surface area contributed by atoms with Crippen molar-refractivity contribution in [3.63, 3.8) is 0 Å². The van der Waals surface area contributed by atoms with E-state index in [2.05, 4.69) is 15.3 Å². The molecule has 2 aromatic heterocycles. The van der Waals surface area contributed by atoms with Crippen molar-refractivity contribution in [2.45, 2.75) is 38.8 Å². The minimum Gasteiger partial charge on any atom is -0.494 e. The Balaban J connectivity index is 1.99. The van der Waals surface area contributed by atoms with Gasteiger partial charge in [0.15, 0.2) is 0 Å². The summed E-state index contributed by atoms with van der Waals surface area (Å²) in [5, 5.41) is 15.3. The van der Waals surface area contributed by atoms with Crippen molar-refractivity contribution < 1.29 is 5.11 Å². The summed E-state index contributed by atoms with van der Waals surface area (Å²) in [6, 6.07) is 7.47. The standard InChI is InChI=1S/C19H22N4O3/c1-19(2,3)23-17(25)13(16(24)22-18(23)26)15-14-11(8-9-20-15)10-6-4-5-7-12(10)21-14/h4-7,15,20-21,25H,8-9H2,1-3H3,(H,22,24,26). The van der Waals surface area contributed by atoms with Gasteiger partial charge in [-0.3, -0.25) is 14.3 Å². The van der Waals surface area contributed by atoms with Crippen LogP contribution in [0.5, 0.6) is 5.88 Å². The number of para-hydroxylation sites is 1. The van der Waals surface area contributed by atoms with Crippen LogP contribution in [0.2, 0.25) is 0 Å². The molecular weight excluding hydrogens is 332 g/mol. The second kappa shape index (κ2) is 5.60. The molecule has 0 radical (unpaired) electrons. The molecule has 1 unspecified atom stereocenters. The Labute approximate surface area is 149 Å². The van der Waals surface area contributed by atoms with E-state index < -0.39 is 22.8 Å². The number of H-pyrrole nitrogens is 2. The Kier molecular flexibility index (Phi) is 3.59. The summed E-state index contributed by atoms with van der Waals surface area (Å²) < 4.78 is 1.22. The molecule has 1 aliphatic rings. The topological polar surface area (TPSA) is 103 Å². The van der Waals surface area contributed by atoms with Crippen LogP contribution in [-0.2, 0) is 12.0 Å². The maximum absolute atomic E-state index is 12.6. The van der Waals surface area contributed by atoms with E-state index in [0.717, 1.165) is 28.6 Å². The van der Waals surface area contributed by atoms with Crippen LogP contribution in [0.1, 0.15) is 43.6 Å². The van der Waals surface area contributed by atoms with Crippen LogP contribution in [0.3, 0.4) is 0 Å². The number of fused-ring (bicyclic) bond motifs is 3. The average Bonchev–Trinajstić information content (AvgIpc) is 2.92. The molecule has 0 saturated heterocycles. The molecular formula is C19H22N4O3. The molecule has 7 nitrogen and oxygen atoms in total. The second-order valence-corrected chi connectivity index (χ2v) is 7.70. The smallest absolute Gasteiger partial charge is 0.331 e. The van der Waals surface area contributed by atoms with Gasteiger partial charge >= 0.3 is 5.69 Å². The maximum Gasteiger partial charge on any atom is 0.331 e. The van der Waals surface area contributed by atoms with Gasteiger partial charge in [0.05, 0.1) is 6.04 Å². The van der Waals surface area contributed by atoms with Gasteiger partial charge in [0, 0.05) is 28.7 Å². The number of benzene rings is 1. The molecule has 0 saturated carbocycles. The fourth-order valence-electron chi connectivity index (χ4n) is 3.85. The molecule has 7 heteroatoms. The van der Waals surface area contributed by atoms with Crippen molar-refractivity contribution >= 4 is 10.9 Å². The number of hydrogen-bond acceptors (Lipinski definition) is 4. The fraction of sp³-hybridized carbons (Fsp3) is 0.368. The van der Waals surface area contributed by atoms with Crippen LogP contribution in [0.15, 0.2) is 33.9 Å². The lowest BCUT2D eigenvalue weighted by Gasteiger charge is -2.28. The summed E-state index contributed by atoms with van der Waals surface area (Å²) in [5.41, 5.74) is 1.29. The molecule has 26 heavy (non-hydrogen) atoms. The molecule has 3 heterocycles. The van der Waals surface area contributed by atoms with Gasteiger partial charge in [0.2, 0.25) is 5.88 Å². The molecule has 136 valence electrons. The summed E-state index contributed by atoms with van der Waals surface area (Å²) in [6.07, 6.45) is 0.827. The largest absolute Gasteiger partial charge is 0.494 e. The molecule has 4 rings (SSSR count). The van der Waals surface area contributed by atoms with E-state index in [-0.39, 0.29) is 11.4 Å². The van der Waals surface area contributed by atoms with E-state index in [1.807, 2.05) is 24.3 Å². The maximum atomic E-state index is 12.6. The lowest BCUT2D eigenvalue weighted by Crippen LogP contribution is -2.43. The van der Waals surface area contributed by atoms with Crippen molar-refractivity contribution in [3.05, 3.63) is 61.9 Å². The molecule has 0 amide bonds. The van der Waals surface area contributed by atoms with Gasteiger partial charge in [0.25, 0.3) is 5.56 Å². The molecule has 1 aliphatic heterocycles. The van der Waals surface area contributed by atoms with Crippen molar-refractivity contribution in [1.82, 2.24) is 19.9 Å². The van der Waals surface area contributed by atoms with E-state index in [1.54, 1.807) is 20.8 Å². The van der Waals surface area contributed by atoms with E-state index in [1.165, 1.54) is 4.57 Å². The zero-order valence-corrected chi connectivity index (χ0v) is 15.0. The Morgan fingerprint density at radius 3 is 2.62 bits per heavy atom. The van der Waals surface area contributed by atoms with Crippen LogP contribution in [0, 0.1) is 0 Å². The normalized spacial score (nSPS) is 17.4. The van der Waals surface area contributed by atoms with Gasteiger partial charge in [-0.1, -0.05) is 18.2 Å². The molecule has 0 spiro atoms. The third kappa shape index (κ3) is 2.39. The minimum atomic E-state index is -0.669. The monoisotopic (exact) mass is 354 g/mol. The van der Waals surface area contributed by atoms with Crippen molar-refractivity contribution in [3.8, 4) is 5.88 Å². The average molecular weight is 354 g/mol. The fourth-order valence-corrected chi connectivity index (χ4v) is 3.85. The first-order valence-corrected chi connectivity index (χ1v) is 8.70. The van der Waals surface area contributed by atoms with Gasteiger partial charge in [-0.2, -0.15) is 0 Å². The van der Waals surface area contributed by atoms with Crippen LogP contribution >= 0.6 is 0 Å². The van der Waals surface area contributed by atoms with Crippen LogP contribution in [-0.4, -0.2) is 26.2 Å². The lowest BCUT2D eigenvalue weighted by molar-refractivity contribution is 0.298. The highest BCUT2D eigenvalue weighted by Crippen LogP contribution is 2.35. The van der Waals surface area contributed by atoms with Crippen molar-refractivity contribution in [2.24, 2.45) is 0 Å². The van der Waals surface area contributed by atoms with Gasteiger partial charge < -0.3 is 15.4 Å². The second-order valence-electron chi connectivity index (χ2n) is 7.70. The van der Waals surface area contributed by atoms with Gasteiger partial charge in [-0.15, -0.1) is 0 Å². The number of aromatic nitrogens is 3. The highest BCUT2D eigenvalue weighted by atomic mass is 16.3. The Hall–Kier alpha value is -2.80. The number of nitrogens with one attached hydrogen (secondary N) is 3. The third-order valence-corrected chi connectivity index (χ3v) is 4.94. The van der Waals surface area contributed by atoms with E-state index in [4.69, 9.17) is 0 Å². The first-order valence-electron chi connectivity index (χ1n) is 8.70. The first-order chi connectivity index (χ1) is 12.3. The minimum absolute atomic E-state index is 0.159. The number of nitrogens with zero attached hydrogens (tertiary/aromatic N) is 1. The molecule has 1 aromatic carbocycles. The third-order valence-electron chi connectivity index (χ3n) is 4.94. The number of aromatic hydroxyl groups is 1. The van der Waals surface area contributed by atoms with Gasteiger partial charge in [-0.25, -0.2) is 4.79 Å². The SMILES string of the molecule is CC(C)(C)n1c(O)c(C2NCCc3c2[nH]c2ccccc32)c(=O)[nH]c1=O. The highest BCUT2D eigenvalue weighted by Gasteiger charge is 2.32. The molecule has 1 atom stereocenters. The molecule has 0 aliphatic carbocycles. The summed E-state index contributed by atoms with van der Waals surface area (Å²) in [4.78, 5) is 30.6. The predicted octanol–water partition coefficient (Wildman–Crippen LogP) is 1.71.